The largest absolute Gasteiger partial charge is 0.468 e. The summed E-state index contributed by atoms with van der Waals surface area (Å²) in [4.78, 5) is 15.6. The average Bonchev–Trinajstić information content (AvgIpc) is 2.78. The van der Waals surface area contributed by atoms with Crippen LogP contribution in [0.4, 0.5) is 0 Å². The van der Waals surface area contributed by atoms with Gasteiger partial charge in [0, 0.05) is 18.0 Å². The number of methoxy groups -OCH3 is 1. The van der Waals surface area contributed by atoms with Gasteiger partial charge in [0.1, 0.15) is 6.04 Å². The standard InChI is InChI=1S/C11H14N2O2S/c1-15-11(14)9-6-8(7-13-9)16-10-4-2-3-5-12-10/h2-5,8-9,13H,6-7H2,1H3. The van der Waals surface area contributed by atoms with Gasteiger partial charge in [-0.05, 0) is 18.6 Å². The zero-order valence-electron chi connectivity index (χ0n) is 9.05. The third kappa shape index (κ3) is 2.74. The van der Waals surface area contributed by atoms with Gasteiger partial charge in [-0.25, -0.2) is 4.98 Å². The van der Waals surface area contributed by atoms with Crippen molar-refractivity contribution in [1.82, 2.24) is 10.3 Å². The van der Waals surface area contributed by atoms with Crippen molar-refractivity contribution in [2.24, 2.45) is 0 Å². The maximum Gasteiger partial charge on any atom is 0.322 e. The zero-order chi connectivity index (χ0) is 11.4. The van der Waals surface area contributed by atoms with E-state index in [1.807, 2.05) is 18.2 Å². The van der Waals surface area contributed by atoms with Crippen LogP contribution in [0.1, 0.15) is 6.42 Å². The number of carbonyl (C=O) groups is 1. The fraction of sp³-hybridized carbons (Fsp3) is 0.455. The summed E-state index contributed by atoms with van der Waals surface area (Å²) in [7, 11) is 1.42. The number of aromatic nitrogens is 1. The Balaban J connectivity index is 1.88. The molecular formula is C11H14N2O2S. The Hall–Kier alpha value is -1.07. The number of nitrogens with one attached hydrogen (secondary N) is 1. The van der Waals surface area contributed by atoms with Gasteiger partial charge in [0.15, 0.2) is 0 Å². The minimum absolute atomic E-state index is 0.161. The molecule has 1 aromatic heterocycles. The third-order valence-corrected chi connectivity index (χ3v) is 3.68. The lowest BCUT2D eigenvalue weighted by atomic mass is 10.2. The molecule has 2 rings (SSSR count). The van der Waals surface area contributed by atoms with Crippen molar-refractivity contribution in [3.63, 3.8) is 0 Å². The van der Waals surface area contributed by atoms with Crippen LogP contribution in [0.5, 0.6) is 0 Å². The van der Waals surface area contributed by atoms with Crippen molar-refractivity contribution in [2.45, 2.75) is 22.7 Å². The molecule has 1 N–H and O–H groups in total. The molecule has 1 saturated heterocycles. The van der Waals surface area contributed by atoms with E-state index >= 15 is 0 Å². The number of carbonyl (C=O) groups excluding carboxylic acids is 1. The molecule has 0 amide bonds. The molecule has 1 aromatic rings. The van der Waals surface area contributed by atoms with Crippen molar-refractivity contribution in [1.29, 1.82) is 0 Å². The number of nitrogens with zero attached hydrogens (tertiary/aromatic N) is 1. The second-order valence-corrected chi connectivity index (χ2v) is 4.95. The van der Waals surface area contributed by atoms with Crippen LogP contribution in [0.15, 0.2) is 29.4 Å². The summed E-state index contributed by atoms with van der Waals surface area (Å²) in [6.45, 7) is 0.820. The minimum Gasteiger partial charge on any atom is -0.468 e. The quantitative estimate of drug-likeness (QED) is 0.798. The van der Waals surface area contributed by atoms with Crippen LogP contribution in [0.25, 0.3) is 0 Å². The zero-order valence-corrected chi connectivity index (χ0v) is 9.87. The molecule has 0 saturated carbocycles. The van der Waals surface area contributed by atoms with Crippen LogP contribution in [0.2, 0.25) is 0 Å². The first-order valence-electron chi connectivity index (χ1n) is 5.18. The van der Waals surface area contributed by atoms with Gasteiger partial charge < -0.3 is 10.1 Å². The Morgan fingerprint density at radius 1 is 1.62 bits per heavy atom. The maximum absolute atomic E-state index is 11.3. The van der Waals surface area contributed by atoms with E-state index in [-0.39, 0.29) is 12.0 Å². The van der Waals surface area contributed by atoms with Gasteiger partial charge >= 0.3 is 5.97 Å². The smallest absolute Gasteiger partial charge is 0.322 e. The molecular weight excluding hydrogens is 224 g/mol. The molecule has 0 aromatic carbocycles. The fourth-order valence-corrected chi connectivity index (χ4v) is 2.79. The fourth-order valence-electron chi connectivity index (χ4n) is 1.70. The minimum atomic E-state index is -0.177. The monoisotopic (exact) mass is 238 g/mol. The van der Waals surface area contributed by atoms with Gasteiger partial charge in [-0.15, -0.1) is 11.8 Å². The van der Waals surface area contributed by atoms with E-state index in [1.165, 1.54) is 7.11 Å². The molecule has 1 aliphatic heterocycles. The number of esters is 1. The summed E-state index contributed by atoms with van der Waals surface area (Å²) in [5, 5.41) is 4.54. The van der Waals surface area contributed by atoms with Gasteiger partial charge in [-0.1, -0.05) is 6.07 Å². The van der Waals surface area contributed by atoms with Crippen LogP contribution in [-0.4, -0.2) is 35.9 Å². The van der Waals surface area contributed by atoms with Crippen LogP contribution in [0.3, 0.4) is 0 Å². The molecule has 5 heteroatoms. The Morgan fingerprint density at radius 2 is 2.50 bits per heavy atom. The highest BCUT2D eigenvalue weighted by atomic mass is 32.2. The van der Waals surface area contributed by atoms with Gasteiger partial charge in [-0.2, -0.15) is 0 Å². The van der Waals surface area contributed by atoms with Gasteiger partial charge in [0.2, 0.25) is 0 Å². The van der Waals surface area contributed by atoms with Gasteiger partial charge in [0.25, 0.3) is 0 Å². The van der Waals surface area contributed by atoms with Gasteiger partial charge in [-0.3, -0.25) is 4.79 Å². The molecule has 0 aliphatic carbocycles. The second kappa shape index (κ2) is 5.32. The summed E-state index contributed by atoms with van der Waals surface area (Å²) in [6, 6.07) is 5.69. The molecule has 2 heterocycles. The third-order valence-electron chi connectivity index (χ3n) is 2.50. The van der Waals surface area contributed by atoms with Crippen molar-refractivity contribution in [3.05, 3.63) is 24.4 Å². The number of hydrogen-bond donors (Lipinski definition) is 1. The summed E-state index contributed by atoms with van der Waals surface area (Å²) in [5.74, 6) is -0.177. The summed E-state index contributed by atoms with van der Waals surface area (Å²) in [5.41, 5.74) is 0. The van der Waals surface area contributed by atoms with Crippen LogP contribution in [0, 0.1) is 0 Å². The number of thioether (sulfide) groups is 1. The van der Waals surface area contributed by atoms with E-state index in [9.17, 15) is 4.79 Å². The highest BCUT2D eigenvalue weighted by Gasteiger charge is 2.30. The first kappa shape index (κ1) is 11.4. The molecule has 0 bridgehead atoms. The summed E-state index contributed by atoms with van der Waals surface area (Å²) < 4.78 is 4.71. The second-order valence-electron chi connectivity index (χ2n) is 3.63. The molecule has 4 nitrogen and oxygen atoms in total. The highest BCUT2D eigenvalue weighted by molar-refractivity contribution is 7.99. The maximum atomic E-state index is 11.3. The predicted molar refractivity (Wildman–Crippen MR) is 62.3 cm³/mol. The van der Waals surface area contributed by atoms with E-state index in [0.29, 0.717) is 5.25 Å². The van der Waals surface area contributed by atoms with E-state index in [1.54, 1.807) is 18.0 Å². The Morgan fingerprint density at radius 3 is 3.19 bits per heavy atom. The van der Waals surface area contributed by atoms with Crippen molar-refractivity contribution in [2.75, 3.05) is 13.7 Å². The molecule has 2 unspecified atom stereocenters. The summed E-state index contributed by atoms with van der Waals surface area (Å²) in [6.07, 6.45) is 2.58. The number of rotatable bonds is 3. The Kier molecular flexibility index (Phi) is 3.79. The van der Waals surface area contributed by atoms with E-state index in [2.05, 4.69) is 10.3 Å². The molecule has 1 fully saturated rings. The van der Waals surface area contributed by atoms with E-state index in [0.717, 1.165) is 18.0 Å². The lowest BCUT2D eigenvalue weighted by Crippen LogP contribution is -2.31. The molecule has 86 valence electrons. The molecule has 16 heavy (non-hydrogen) atoms. The normalized spacial score (nSPS) is 24.3. The predicted octanol–water partition coefficient (Wildman–Crippen LogP) is 1.08. The highest BCUT2D eigenvalue weighted by Crippen LogP contribution is 2.27. The lowest BCUT2D eigenvalue weighted by Gasteiger charge is -2.07. The van der Waals surface area contributed by atoms with Crippen LogP contribution in [-0.2, 0) is 9.53 Å². The molecule has 0 radical (unpaired) electrons. The number of ether oxygens (including phenoxy) is 1. The van der Waals surface area contributed by atoms with Crippen molar-refractivity contribution in [3.8, 4) is 0 Å². The molecule has 0 spiro atoms. The molecule has 2 atom stereocenters. The average molecular weight is 238 g/mol. The lowest BCUT2D eigenvalue weighted by molar-refractivity contribution is -0.142. The van der Waals surface area contributed by atoms with Crippen molar-refractivity contribution >= 4 is 17.7 Å². The topological polar surface area (TPSA) is 51.2 Å². The Labute approximate surface area is 98.8 Å². The Bertz CT molecular complexity index is 358. The first-order valence-corrected chi connectivity index (χ1v) is 6.06. The van der Waals surface area contributed by atoms with Crippen molar-refractivity contribution < 1.29 is 9.53 Å². The molecule has 1 aliphatic rings. The summed E-state index contributed by atoms with van der Waals surface area (Å²) >= 11 is 1.70. The van der Waals surface area contributed by atoms with E-state index < -0.39 is 0 Å². The van der Waals surface area contributed by atoms with E-state index in [4.69, 9.17) is 4.74 Å². The van der Waals surface area contributed by atoms with Gasteiger partial charge in [0.05, 0.1) is 12.1 Å². The first-order chi connectivity index (χ1) is 7.79. The van der Waals surface area contributed by atoms with Crippen LogP contribution < -0.4 is 5.32 Å². The number of pyridine rings is 1. The van der Waals surface area contributed by atoms with Crippen LogP contribution >= 0.6 is 11.8 Å². The SMILES string of the molecule is COC(=O)C1CC(Sc2ccccn2)CN1. The number of hydrogen-bond acceptors (Lipinski definition) is 5.